The van der Waals surface area contributed by atoms with Gasteiger partial charge in [0.25, 0.3) is 0 Å². The SMILES string of the molecule is CCNCc1ccc(Cl)cc1-c1ncccc1OC. The van der Waals surface area contributed by atoms with Crippen LogP contribution in [0.2, 0.25) is 5.02 Å². The molecule has 0 radical (unpaired) electrons. The molecule has 0 bridgehead atoms. The van der Waals surface area contributed by atoms with E-state index in [0.717, 1.165) is 35.7 Å². The molecule has 0 atom stereocenters. The number of benzene rings is 1. The molecular formula is C15H17ClN2O. The lowest BCUT2D eigenvalue weighted by Gasteiger charge is -2.12. The number of nitrogens with one attached hydrogen (secondary N) is 1. The number of hydrogen-bond donors (Lipinski definition) is 1. The fourth-order valence-electron chi connectivity index (χ4n) is 1.94. The van der Waals surface area contributed by atoms with Crippen LogP contribution in [0, 0.1) is 0 Å². The van der Waals surface area contributed by atoms with Crippen molar-refractivity contribution < 1.29 is 4.74 Å². The molecule has 100 valence electrons. The van der Waals surface area contributed by atoms with Gasteiger partial charge in [0.15, 0.2) is 0 Å². The van der Waals surface area contributed by atoms with Gasteiger partial charge < -0.3 is 10.1 Å². The van der Waals surface area contributed by atoms with E-state index in [4.69, 9.17) is 16.3 Å². The molecule has 0 aliphatic carbocycles. The fraction of sp³-hybridized carbons (Fsp3) is 0.267. The number of pyridine rings is 1. The molecule has 0 unspecified atom stereocenters. The lowest BCUT2D eigenvalue weighted by molar-refractivity contribution is 0.415. The molecule has 1 N–H and O–H groups in total. The normalized spacial score (nSPS) is 10.5. The van der Waals surface area contributed by atoms with Gasteiger partial charge in [-0.3, -0.25) is 4.98 Å². The van der Waals surface area contributed by atoms with Gasteiger partial charge in [-0.1, -0.05) is 24.6 Å². The first-order valence-corrected chi connectivity index (χ1v) is 6.62. The Bertz CT molecular complexity index is 558. The third-order valence-corrected chi connectivity index (χ3v) is 3.12. The molecule has 0 aliphatic heterocycles. The number of hydrogen-bond acceptors (Lipinski definition) is 3. The van der Waals surface area contributed by atoms with Crippen LogP contribution in [0.4, 0.5) is 0 Å². The quantitative estimate of drug-likeness (QED) is 0.907. The maximum Gasteiger partial charge on any atom is 0.145 e. The summed E-state index contributed by atoms with van der Waals surface area (Å²) in [5, 5.41) is 4.02. The zero-order valence-corrected chi connectivity index (χ0v) is 11.9. The average molecular weight is 277 g/mol. The van der Waals surface area contributed by atoms with Crippen LogP contribution >= 0.6 is 11.6 Å². The number of nitrogens with zero attached hydrogens (tertiary/aromatic N) is 1. The molecule has 1 heterocycles. The van der Waals surface area contributed by atoms with Crippen LogP contribution in [0.1, 0.15) is 12.5 Å². The van der Waals surface area contributed by atoms with Crippen molar-refractivity contribution in [3.63, 3.8) is 0 Å². The molecule has 0 saturated heterocycles. The molecule has 0 saturated carbocycles. The summed E-state index contributed by atoms with van der Waals surface area (Å²) in [6.45, 7) is 3.78. The van der Waals surface area contributed by atoms with E-state index in [1.54, 1.807) is 13.3 Å². The summed E-state index contributed by atoms with van der Waals surface area (Å²) in [6, 6.07) is 9.61. The number of halogens is 1. The number of rotatable bonds is 5. The van der Waals surface area contributed by atoms with Crippen molar-refractivity contribution in [3.8, 4) is 17.0 Å². The first kappa shape index (κ1) is 13.8. The van der Waals surface area contributed by atoms with Crippen LogP contribution in [-0.2, 0) is 6.54 Å². The Balaban J connectivity index is 2.49. The molecule has 1 aromatic carbocycles. The van der Waals surface area contributed by atoms with Gasteiger partial charge in [-0.25, -0.2) is 0 Å². The van der Waals surface area contributed by atoms with Gasteiger partial charge in [-0.2, -0.15) is 0 Å². The van der Waals surface area contributed by atoms with E-state index in [0.29, 0.717) is 5.02 Å². The maximum atomic E-state index is 6.11. The highest BCUT2D eigenvalue weighted by Crippen LogP contribution is 2.32. The minimum Gasteiger partial charge on any atom is -0.494 e. The predicted molar refractivity (Wildman–Crippen MR) is 78.6 cm³/mol. The molecular weight excluding hydrogens is 260 g/mol. The van der Waals surface area contributed by atoms with Gasteiger partial charge in [0.2, 0.25) is 0 Å². The Morgan fingerprint density at radius 3 is 2.89 bits per heavy atom. The summed E-state index contributed by atoms with van der Waals surface area (Å²) >= 11 is 6.11. The molecule has 0 aliphatic rings. The zero-order chi connectivity index (χ0) is 13.7. The van der Waals surface area contributed by atoms with Crippen molar-refractivity contribution >= 4 is 11.6 Å². The van der Waals surface area contributed by atoms with Crippen molar-refractivity contribution in [1.29, 1.82) is 0 Å². The number of ether oxygens (including phenoxy) is 1. The van der Waals surface area contributed by atoms with Crippen LogP contribution in [0.15, 0.2) is 36.5 Å². The third kappa shape index (κ3) is 3.25. The average Bonchev–Trinajstić information content (AvgIpc) is 2.46. The Morgan fingerprint density at radius 1 is 1.32 bits per heavy atom. The van der Waals surface area contributed by atoms with E-state index >= 15 is 0 Å². The van der Waals surface area contributed by atoms with Crippen LogP contribution in [0.5, 0.6) is 5.75 Å². The smallest absolute Gasteiger partial charge is 0.145 e. The van der Waals surface area contributed by atoms with E-state index in [1.807, 2.05) is 30.3 Å². The molecule has 0 spiro atoms. The predicted octanol–water partition coefficient (Wildman–Crippen LogP) is 3.52. The summed E-state index contributed by atoms with van der Waals surface area (Å²) in [5.41, 5.74) is 2.98. The van der Waals surface area contributed by atoms with E-state index in [9.17, 15) is 0 Å². The highest BCUT2D eigenvalue weighted by molar-refractivity contribution is 6.30. The Kier molecular flexibility index (Phi) is 4.77. The summed E-state index contributed by atoms with van der Waals surface area (Å²) < 4.78 is 5.37. The lowest BCUT2D eigenvalue weighted by Crippen LogP contribution is -2.12. The Morgan fingerprint density at radius 2 is 2.16 bits per heavy atom. The highest BCUT2D eigenvalue weighted by atomic mass is 35.5. The van der Waals surface area contributed by atoms with Crippen molar-refractivity contribution in [1.82, 2.24) is 10.3 Å². The van der Waals surface area contributed by atoms with Gasteiger partial charge in [0.1, 0.15) is 11.4 Å². The highest BCUT2D eigenvalue weighted by Gasteiger charge is 2.11. The molecule has 2 aromatic rings. The van der Waals surface area contributed by atoms with Crippen molar-refractivity contribution in [2.24, 2.45) is 0 Å². The standard InChI is InChI=1S/C15H17ClN2O/c1-3-17-10-11-6-7-12(16)9-13(11)15-14(19-2)5-4-8-18-15/h4-9,17H,3,10H2,1-2H3. The summed E-state index contributed by atoms with van der Waals surface area (Å²) in [7, 11) is 1.65. The second-order valence-corrected chi connectivity index (χ2v) is 4.57. The topological polar surface area (TPSA) is 34.2 Å². The molecule has 2 rings (SSSR count). The first-order valence-electron chi connectivity index (χ1n) is 6.24. The molecule has 1 aromatic heterocycles. The minimum atomic E-state index is 0.697. The summed E-state index contributed by atoms with van der Waals surface area (Å²) in [5.74, 6) is 0.752. The Hall–Kier alpha value is -1.58. The number of aromatic nitrogens is 1. The van der Waals surface area contributed by atoms with E-state index in [1.165, 1.54) is 0 Å². The van der Waals surface area contributed by atoms with E-state index in [-0.39, 0.29) is 0 Å². The first-order chi connectivity index (χ1) is 9.26. The van der Waals surface area contributed by atoms with Gasteiger partial charge in [0, 0.05) is 23.3 Å². The molecule has 3 nitrogen and oxygen atoms in total. The van der Waals surface area contributed by atoms with Crippen LogP contribution in [0.25, 0.3) is 11.3 Å². The van der Waals surface area contributed by atoms with Crippen molar-refractivity contribution in [2.75, 3.05) is 13.7 Å². The second-order valence-electron chi connectivity index (χ2n) is 4.14. The van der Waals surface area contributed by atoms with Crippen LogP contribution in [-0.4, -0.2) is 18.6 Å². The third-order valence-electron chi connectivity index (χ3n) is 2.88. The maximum absolute atomic E-state index is 6.11. The Labute approximate surface area is 118 Å². The second kappa shape index (κ2) is 6.55. The van der Waals surface area contributed by atoms with E-state index in [2.05, 4.69) is 17.2 Å². The summed E-state index contributed by atoms with van der Waals surface area (Å²) in [4.78, 5) is 4.42. The fourth-order valence-corrected chi connectivity index (χ4v) is 2.11. The lowest BCUT2D eigenvalue weighted by atomic mass is 10.0. The van der Waals surface area contributed by atoms with Gasteiger partial charge in [0.05, 0.1) is 7.11 Å². The molecule has 4 heteroatoms. The largest absolute Gasteiger partial charge is 0.494 e. The van der Waals surface area contributed by atoms with Crippen LogP contribution in [0.3, 0.4) is 0 Å². The number of methoxy groups -OCH3 is 1. The van der Waals surface area contributed by atoms with Crippen LogP contribution < -0.4 is 10.1 Å². The molecule has 0 amide bonds. The van der Waals surface area contributed by atoms with E-state index < -0.39 is 0 Å². The zero-order valence-electron chi connectivity index (χ0n) is 11.1. The van der Waals surface area contributed by atoms with Crippen molar-refractivity contribution in [3.05, 3.63) is 47.1 Å². The molecule has 19 heavy (non-hydrogen) atoms. The molecule has 0 fully saturated rings. The minimum absolute atomic E-state index is 0.697. The van der Waals surface area contributed by atoms with Gasteiger partial charge in [-0.05, 0) is 36.4 Å². The van der Waals surface area contributed by atoms with Gasteiger partial charge >= 0.3 is 0 Å². The van der Waals surface area contributed by atoms with Crippen molar-refractivity contribution in [2.45, 2.75) is 13.5 Å². The van der Waals surface area contributed by atoms with Gasteiger partial charge in [-0.15, -0.1) is 0 Å². The monoisotopic (exact) mass is 276 g/mol. The summed E-state index contributed by atoms with van der Waals surface area (Å²) in [6.07, 6.45) is 1.76.